The number of hydrogen-bond donors (Lipinski definition) is 3. The zero-order valence-electron chi connectivity index (χ0n) is 9.47. The van der Waals surface area contributed by atoms with Gasteiger partial charge in [-0.1, -0.05) is 0 Å². The average Bonchev–Trinajstić information content (AvgIpc) is 2.93. The summed E-state index contributed by atoms with van der Waals surface area (Å²) < 4.78 is 7.22. The molecule has 2 aromatic rings. The quantitative estimate of drug-likeness (QED) is 0.630. The van der Waals surface area contributed by atoms with Crippen LogP contribution in [0.5, 0.6) is 0 Å². The van der Waals surface area contributed by atoms with E-state index in [-0.39, 0.29) is 6.61 Å². The van der Waals surface area contributed by atoms with Crippen LogP contribution in [0.15, 0.2) is 12.7 Å². The maximum atomic E-state index is 9.71. The Bertz CT molecular complexity index is 572. The van der Waals surface area contributed by atoms with Crippen LogP contribution in [-0.2, 0) is 4.74 Å². The highest BCUT2D eigenvalue weighted by Crippen LogP contribution is 2.30. The van der Waals surface area contributed by atoms with E-state index >= 15 is 0 Å². The Morgan fingerprint density at radius 3 is 3.00 bits per heavy atom. The van der Waals surface area contributed by atoms with Crippen molar-refractivity contribution in [3.8, 4) is 0 Å². The van der Waals surface area contributed by atoms with Crippen LogP contribution in [-0.4, -0.2) is 48.5 Å². The molecule has 2 aromatic heterocycles. The second kappa shape index (κ2) is 4.16. The Labute approximate surface area is 102 Å². The first-order valence-corrected chi connectivity index (χ1v) is 5.58. The largest absolute Gasteiger partial charge is 0.394 e. The van der Waals surface area contributed by atoms with E-state index in [0.29, 0.717) is 23.4 Å². The Hall–Kier alpha value is -1.77. The molecule has 0 aromatic carbocycles. The van der Waals surface area contributed by atoms with E-state index in [1.807, 2.05) is 0 Å². The molecule has 1 fully saturated rings. The van der Waals surface area contributed by atoms with E-state index in [1.54, 1.807) is 10.9 Å². The van der Waals surface area contributed by atoms with Crippen molar-refractivity contribution in [3.05, 3.63) is 12.7 Å². The van der Waals surface area contributed by atoms with E-state index < -0.39 is 18.4 Å². The lowest BCUT2D eigenvalue weighted by Gasteiger charge is -2.13. The van der Waals surface area contributed by atoms with Crippen molar-refractivity contribution < 1.29 is 14.9 Å². The van der Waals surface area contributed by atoms with Crippen molar-refractivity contribution in [1.29, 1.82) is 0 Å². The number of fused-ring (bicyclic) bond motifs is 1. The molecule has 0 unspecified atom stereocenters. The predicted molar refractivity (Wildman–Crippen MR) is 61.4 cm³/mol. The van der Waals surface area contributed by atoms with Crippen molar-refractivity contribution >= 4 is 17.0 Å². The number of ether oxygens (including phenoxy) is 1. The minimum atomic E-state index is -0.698. The Balaban J connectivity index is 1.99. The maximum absolute atomic E-state index is 9.71. The predicted octanol–water partition coefficient (Wildman–Crippen LogP) is -0.951. The van der Waals surface area contributed by atoms with Gasteiger partial charge in [0.05, 0.1) is 19.0 Å². The molecule has 4 N–H and O–H groups in total. The van der Waals surface area contributed by atoms with Crippen LogP contribution in [0.2, 0.25) is 0 Å². The SMILES string of the molecule is Nc1[15n]cnc2c1ncn2[C@H]1C[C@H](O)[C@@H](CO)O1. The number of aromatic nitrogens is 4. The highest BCUT2D eigenvalue weighted by Gasteiger charge is 2.35. The summed E-state index contributed by atoms with van der Waals surface area (Å²) in [5, 5.41) is 18.8. The fourth-order valence-corrected chi connectivity index (χ4v) is 2.13. The molecule has 1 aliphatic rings. The summed E-state index contributed by atoms with van der Waals surface area (Å²) in [7, 11) is 0. The molecule has 0 saturated carbocycles. The Morgan fingerprint density at radius 1 is 1.44 bits per heavy atom. The lowest BCUT2D eigenvalue weighted by Crippen LogP contribution is -2.24. The molecule has 0 aliphatic carbocycles. The molecule has 1 aliphatic heterocycles. The first-order valence-electron chi connectivity index (χ1n) is 5.58. The second-order valence-corrected chi connectivity index (χ2v) is 4.20. The van der Waals surface area contributed by atoms with E-state index in [9.17, 15) is 5.11 Å². The molecule has 0 radical (unpaired) electrons. The summed E-state index contributed by atoms with van der Waals surface area (Å²) in [5.41, 5.74) is 6.75. The van der Waals surface area contributed by atoms with E-state index in [0.717, 1.165) is 0 Å². The topological polar surface area (TPSA) is 119 Å². The fraction of sp³-hybridized carbons (Fsp3) is 0.500. The summed E-state index contributed by atoms with van der Waals surface area (Å²) in [4.78, 5) is 12.1. The lowest BCUT2D eigenvalue weighted by molar-refractivity contribution is -0.0432. The minimum Gasteiger partial charge on any atom is -0.394 e. The molecule has 3 atom stereocenters. The molecule has 18 heavy (non-hydrogen) atoms. The monoisotopic (exact) mass is 252 g/mol. The van der Waals surface area contributed by atoms with Crippen LogP contribution in [0.4, 0.5) is 5.82 Å². The van der Waals surface area contributed by atoms with Gasteiger partial charge in [0.15, 0.2) is 11.5 Å². The molecular formula is C10H13N5O3. The fourth-order valence-electron chi connectivity index (χ4n) is 2.13. The maximum Gasteiger partial charge on any atom is 0.167 e. The van der Waals surface area contributed by atoms with Gasteiger partial charge in [0.2, 0.25) is 0 Å². The zero-order valence-corrected chi connectivity index (χ0v) is 9.47. The molecule has 8 nitrogen and oxygen atoms in total. The Morgan fingerprint density at radius 2 is 2.28 bits per heavy atom. The van der Waals surface area contributed by atoms with Gasteiger partial charge in [0.25, 0.3) is 0 Å². The van der Waals surface area contributed by atoms with Gasteiger partial charge >= 0.3 is 0 Å². The van der Waals surface area contributed by atoms with Gasteiger partial charge in [-0.05, 0) is 0 Å². The highest BCUT2D eigenvalue weighted by atomic mass is 16.5. The van der Waals surface area contributed by atoms with Crippen molar-refractivity contribution in [1.82, 2.24) is 19.5 Å². The molecule has 8 heteroatoms. The first-order chi connectivity index (χ1) is 8.70. The molecule has 96 valence electrons. The van der Waals surface area contributed by atoms with Crippen LogP contribution in [0.25, 0.3) is 11.2 Å². The number of nitrogens with zero attached hydrogens (tertiary/aromatic N) is 4. The third kappa shape index (κ3) is 1.62. The van der Waals surface area contributed by atoms with Gasteiger partial charge in [-0.2, -0.15) is 0 Å². The van der Waals surface area contributed by atoms with Crippen LogP contribution in [0.3, 0.4) is 0 Å². The summed E-state index contributed by atoms with van der Waals surface area (Å²) in [6.07, 6.45) is 1.60. The Kier molecular flexibility index (Phi) is 2.62. The van der Waals surface area contributed by atoms with Crippen molar-refractivity contribution in [2.45, 2.75) is 24.9 Å². The molecule has 0 amide bonds. The van der Waals surface area contributed by atoms with Crippen molar-refractivity contribution in [2.24, 2.45) is 0 Å². The van der Waals surface area contributed by atoms with Crippen molar-refractivity contribution in [2.75, 3.05) is 12.3 Å². The average molecular weight is 252 g/mol. The molecule has 3 rings (SSSR count). The minimum absolute atomic E-state index is 0.221. The number of imidazole rings is 1. The van der Waals surface area contributed by atoms with Crippen LogP contribution in [0, 0.1) is 0 Å². The standard InChI is InChI=1S/C10H13N5O3/c11-9-8-10(13-3-12-9)15(4-14-8)7-1-5(17)6(2-16)18-7/h3-7,16-17H,1-2H2,(H2,11,12,13)/t5-,6+,7+/m0/s1/i12+1. The van der Waals surface area contributed by atoms with Crippen LogP contribution in [0.1, 0.15) is 12.6 Å². The normalized spacial score (nSPS) is 28.0. The van der Waals surface area contributed by atoms with E-state index in [1.165, 1.54) is 6.33 Å². The van der Waals surface area contributed by atoms with Crippen LogP contribution >= 0.6 is 0 Å². The van der Waals surface area contributed by atoms with Gasteiger partial charge < -0.3 is 20.7 Å². The molecular weight excluding hydrogens is 239 g/mol. The van der Waals surface area contributed by atoms with Gasteiger partial charge in [0.1, 0.15) is 24.2 Å². The lowest BCUT2D eigenvalue weighted by atomic mass is 10.2. The van der Waals surface area contributed by atoms with E-state index in [4.69, 9.17) is 15.6 Å². The number of aliphatic hydroxyl groups is 2. The number of aliphatic hydroxyl groups excluding tert-OH is 2. The first kappa shape index (κ1) is 11.3. The third-order valence-corrected chi connectivity index (χ3v) is 3.08. The molecule has 0 bridgehead atoms. The number of hydrogen-bond acceptors (Lipinski definition) is 7. The van der Waals surface area contributed by atoms with Crippen molar-refractivity contribution in [3.63, 3.8) is 0 Å². The number of nitrogens with two attached hydrogens (primary N) is 1. The summed E-state index contributed by atoms with van der Waals surface area (Å²) in [6, 6.07) is 0. The van der Waals surface area contributed by atoms with Gasteiger partial charge in [0, 0.05) is 6.42 Å². The number of anilines is 1. The smallest absolute Gasteiger partial charge is 0.167 e. The third-order valence-electron chi connectivity index (χ3n) is 3.08. The molecule has 3 heterocycles. The van der Waals surface area contributed by atoms with Gasteiger partial charge in [-0.3, -0.25) is 4.57 Å². The van der Waals surface area contributed by atoms with Crippen LogP contribution < -0.4 is 5.73 Å². The summed E-state index contributed by atoms with van der Waals surface area (Å²) >= 11 is 0. The molecule has 1 saturated heterocycles. The summed E-state index contributed by atoms with van der Waals surface area (Å²) in [6.45, 7) is -0.221. The zero-order chi connectivity index (χ0) is 12.7. The van der Waals surface area contributed by atoms with Gasteiger partial charge in [-0.25, -0.2) is 15.0 Å². The number of rotatable bonds is 2. The van der Waals surface area contributed by atoms with E-state index in [2.05, 4.69) is 15.0 Å². The number of nitrogen functional groups attached to an aromatic ring is 1. The van der Waals surface area contributed by atoms with Gasteiger partial charge in [-0.15, -0.1) is 0 Å². The second-order valence-electron chi connectivity index (χ2n) is 4.20. The highest BCUT2D eigenvalue weighted by molar-refractivity contribution is 5.81. The summed E-state index contributed by atoms with van der Waals surface area (Å²) in [5.74, 6) is 0.302. The molecule has 0 spiro atoms.